The standard InChI is InChI=1S/C19H21N3O3S/c1-21-15-18(19(20-21)17-10-6-3-7-11-17)26(24,25)22(12-13-23)14-16-8-4-2-5-9-16/h2-11,15,23H,12-14H2,1H3. The highest BCUT2D eigenvalue weighted by atomic mass is 32.2. The van der Waals surface area contributed by atoms with Crippen molar-refractivity contribution in [2.75, 3.05) is 13.2 Å². The number of aryl methyl sites for hydroxylation is 1. The van der Waals surface area contributed by atoms with Crippen molar-refractivity contribution in [3.05, 3.63) is 72.4 Å². The topological polar surface area (TPSA) is 75.4 Å². The molecule has 0 atom stereocenters. The van der Waals surface area contributed by atoms with Crippen molar-refractivity contribution in [2.45, 2.75) is 11.4 Å². The molecule has 0 bridgehead atoms. The molecule has 0 unspecified atom stereocenters. The van der Waals surface area contributed by atoms with Crippen molar-refractivity contribution in [1.29, 1.82) is 0 Å². The van der Waals surface area contributed by atoms with Crippen LogP contribution in [0.2, 0.25) is 0 Å². The first kappa shape index (κ1) is 18.3. The van der Waals surface area contributed by atoms with Crippen LogP contribution in [0.25, 0.3) is 11.3 Å². The molecule has 0 fully saturated rings. The number of sulfonamides is 1. The highest BCUT2D eigenvalue weighted by Crippen LogP contribution is 2.28. The second-order valence-corrected chi connectivity index (χ2v) is 7.84. The molecule has 0 saturated carbocycles. The molecular weight excluding hydrogens is 350 g/mol. The van der Waals surface area contributed by atoms with E-state index in [1.807, 2.05) is 60.7 Å². The highest BCUT2D eigenvalue weighted by molar-refractivity contribution is 7.89. The Labute approximate surface area is 153 Å². The van der Waals surface area contributed by atoms with E-state index in [1.165, 1.54) is 15.2 Å². The number of hydrogen-bond donors (Lipinski definition) is 1. The van der Waals surface area contributed by atoms with E-state index in [-0.39, 0.29) is 24.6 Å². The predicted molar refractivity (Wildman–Crippen MR) is 99.8 cm³/mol. The molecule has 0 aliphatic rings. The summed E-state index contributed by atoms with van der Waals surface area (Å²) in [6.07, 6.45) is 1.51. The lowest BCUT2D eigenvalue weighted by molar-refractivity contribution is 0.251. The minimum Gasteiger partial charge on any atom is -0.395 e. The molecule has 0 amide bonds. The highest BCUT2D eigenvalue weighted by Gasteiger charge is 2.29. The second-order valence-electron chi connectivity index (χ2n) is 5.93. The average molecular weight is 371 g/mol. The Morgan fingerprint density at radius 2 is 1.65 bits per heavy atom. The minimum atomic E-state index is -3.83. The van der Waals surface area contributed by atoms with E-state index >= 15 is 0 Å². The minimum absolute atomic E-state index is 0.0142. The molecule has 1 aromatic heterocycles. The third-order valence-electron chi connectivity index (χ3n) is 4.01. The van der Waals surface area contributed by atoms with Gasteiger partial charge in [0, 0.05) is 31.9 Å². The van der Waals surface area contributed by atoms with Gasteiger partial charge in [0.1, 0.15) is 10.6 Å². The van der Waals surface area contributed by atoms with Crippen LogP contribution in [0.4, 0.5) is 0 Å². The first-order chi connectivity index (χ1) is 12.5. The Morgan fingerprint density at radius 1 is 1.04 bits per heavy atom. The summed E-state index contributed by atoms with van der Waals surface area (Å²) in [5.74, 6) is 0. The summed E-state index contributed by atoms with van der Waals surface area (Å²) < 4.78 is 29.4. The van der Waals surface area contributed by atoms with E-state index in [2.05, 4.69) is 5.10 Å². The van der Waals surface area contributed by atoms with Gasteiger partial charge < -0.3 is 5.11 Å². The Bertz CT molecular complexity index is 954. The summed E-state index contributed by atoms with van der Waals surface area (Å²) in [7, 11) is -2.14. The monoisotopic (exact) mass is 371 g/mol. The van der Waals surface area contributed by atoms with Gasteiger partial charge in [0.2, 0.25) is 10.0 Å². The van der Waals surface area contributed by atoms with E-state index in [4.69, 9.17) is 0 Å². The van der Waals surface area contributed by atoms with Crippen molar-refractivity contribution in [3.63, 3.8) is 0 Å². The van der Waals surface area contributed by atoms with Gasteiger partial charge in [0.25, 0.3) is 0 Å². The molecule has 1 heterocycles. The lowest BCUT2D eigenvalue weighted by Gasteiger charge is -2.21. The number of rotatable bonds is 7. The smallest absolute Gasteiger partial charge is 0.247 e. The molecule has 26 heavy (non-hydrogen) atoms. The Kier molecular flexibility index (Phi) is 5.51. The van der Waals surface area contributed by atoms with Gasteiger partial charge in [-0.25, -0.2) is 8.42 Å². The van der Waals surface area contributed by atoms with Gasteiger partial charge in [0.05, 0.1) is 6.61 Å². The second kappa shape index (κ2) is 7.82. The van der Waals surface area contributed by atoms with E-state index < -0.39 is 10.0 Å². The number of benzene rings is 2. The number of hydrogen-bond acceptors (Lipinski definition) is 4. The summed E-state index contributed by atoms with van der Waals surface area (Å²) >= 11 is 0. The summed E-state index contributed by atoms with van der Waals surface area (Å²) in [6, 6.07) is 18.5. The predicted octanol–water partition coefficient (Wildman–Crippen LogP) is 2.27. The number of aliphatic hydroxyl groups is 1. The lowest BCUT2D eigenvalue weighted by atomic mass is 10.2. The zero-order chi connectivity index (χ0) is 18.6. The largest absolute Gasteiger partial charge is 0.395 e. The van der Waals surface area contributed by atoms with Gasteiger partial charge in [-0.1, -0.05) is 60.7 Å². The van der Waals surface area contributed by atoms with Gasteiger partial charge in [-0.3, -0.25) is 4.68 Å². The van der Waals surface area contributed by atoms with Crippen molar-refractivity contribution in [3.8, 4) is 11.3 Å². The lowest BCUT2D eigenvalue weighted by Crippen LogP contribution is -2.33. The molecule has 0 aliphatic heterocycles. The third kappa shape index (κ3) is 3.85. The van der Waals surface area contributed by atoms with Crippen molar-refractivity contribution < 1.29 is 13.5 Å². The van der Waals surface area contributed by atoms with Crippen molar-refractivity contribution >= 4 is 10.0 Å². The zero-order valence-electron chi connectivity index (χ0n) is 14.5. The van der Waals surface area contributed by atoms with Crippen molar-refractivity contribution in [2.24, 2.45) is 7.05 Å². The summed E-state index contributed by atoms with van der Waals surface area (Å²) in [6.45, 7) is -0.0554. The van der Waals surface area contributed by atoms with E-state index in [9.17, 15) is 13.5 Å². The van der Waals surface area contributed by atoms with Crippen LogP contribution in [0, 0.1) is 0 Å². The van der Waals surface area contributed by atoms with Crippen LogP contribution >= 0.6 is 0 Å². The first-order valence-corrected chi connectivity index (χ1v) is 9.70. The molecule has 3 aromatic rings. The Balaban J connectivity index is 2.03. The van der Waals surface area contributed by atoms with Crippen LogP contribution in [-0.4, -0.2) is 40.8 Å². The maximum atomic E-state index is 13.3. The van der Waals surface area contributed by atoms with Gasteiger partial charge in [-0.15, -0.1) is 0 Å². The zero-order valence-corrected chi connectivity index (χ0v) is 15.3. The van der Waals surface area contributed by atoms with E-state index in [1.54, 1.807) is 7.05 Å². The van der Waals surface area contributed by atoms with Crippen molar-refractivity contribution in [1.82, 2.24) is 14.1 Å². The van der Waals surface area contributed by atoms with Crippen LogP contribution in [0.1, 0.15) is 5.56 Å². The fourth-order valence-corrected chi connectivity index (χ4v) is 4.38. The number of nitrogens with zero attached hydrogens (tertiary/aromatic N) is 3. The molecule has 0 spiro atoms. The van der Waals surface area contributed by atoms with Gasteiger partial charge in [0.15, 0.2) is 0 Å². The van der Waals surface area contributed by atoms with E-state index in [0.717, 1.165) is 11.1 Å². The summed E-state index contributed by atoms with van der Waals surface area (Å²) in [5.41, 5.74) is 1.99. The molecule has 0 aliphatic carbocycles. The molecule has 7 heteroatoms. The maximum Gasteiger partial charge on any atom is 0.247 e. The van der Waals surface area contributed by atoms with Gasteiger partial charge in [-0.05, 0) is 5.56 Å². The van der Waals surface area contributed by atoms with Gasteiger partial charge >= 0.3 is 0 Å². The van der Waals surface area contributed by atoms with Crippen LogP contribution in [-0.2, 0) is 23.6 Å². The molecule has 2 aromatic carbocycles. The molecule has 0 radical (unpaired) electrons. The number of aromatic nitrogens is 2. The third-order valence-corrected chi connectivity index (χ3v) is 5.86. The quantitative estimate of drug-likeness (QED) is 0.691. The Morgan fingerprint density at radius 3 is 2.27 bits per heavy atom. The van der Waals surface area contributed by atoms with Crippen LogP contribution < -0.4 is 0 Å². The molecule has 1 N–H and O–H groups in total. The number of aliphatic hydroxyl groups excluding tert-OH is 1. The normalized spacial score (nSPS) is 11.8. The first-order valence-electron chi connectivity index (χ1n) is 8.26. The fraction of sp³-hybridized carbons (Fsp3) is 0.211. The summed E-state index contributed by atoms with van der Waals surface area (Å²) in [4.78, 5) is 0.135. The SMILES string of the molecule is Cn1cc(S(=O)(=O)N(CCO)Cc2ccccc2)c(-c2ccccc2)n1. The molecular formula is C19H21N3O3S. The molecule has 3 rings (SSSR count). The van der Waals surface area contributed by atoms with Gasteiger partial charge in [-0.2, -0.15) is 9.40 Å². The molecule has 0 saturated heterocycles. The van der Waals surface area contributed by atoms with Crippen LogP contribution in [0.15, 0.2) is 71.8 Å². The van der Waals surface area contributed by atoms with E-state index in [0.29, 0.717) is 5.69 Å². The summed E-state index contributed by atoms with van der Waals surface area (Å²) in [5, 5.41) is 13.7. The average Bonchev–Trinajstić information content (AvgIpc) is 3.06. The molecule has 6 nitrogen and oxygen atoms in total. The molecule has 136 valence electrons. The maximum absolute atomic E-state index is 13.3. The van der Waals surface area contributed by atoms with Crippen LogP contribution in [0.5, 0.6) is 0 Å². The Hall–Kier alpha value is -2.48. The fourth-order valence-electron chi connectivity index (χ4n) is 2.77. The van der Waals surface area contributed by atoms with Crippen LogP contribution in [0.3, 0.4) is 0 Å².